The van der Waals surface area contributed by atoms with E-state index < -0.39 is 17.8 Å². The van der Waals surface area contributed by atoms with Gasteiger partial charge in [-0.3, -0.25) is 9.78 Å². The fourth-order valence-corrected chi connectivity index (χ4v) is 3.75. The van der Waals surface area contributed by atoms with Gasteiger partial charge in [-0.15, -0.1) is 0 Å². The van der Waals surface area contributed by atoms with Crippen molar-refractivity contribution in [2.24, 2.45) is 0 Å². The highest BCUT2D eigenvalue weighted by Crippen LogP contribution is 2.47. The van der Waals surface area contributed by atoms with E-state index >= 15 is 0 Å². The van der Waals surface area contributed by atoms with Crippen molar-refractivity contribution < 1.29 is 18.0 Å². The van der Waals surface area contributed by atoms with Gasteiger partial charge in [-0.1, -0.05) is 30.3 Å². The zero-order valence-electron chi connectivity index (χ0n) is 14.0. The maximum Gasteiger partial charge on any atom is 0.433 e. The SMILES string of the molecule is O=C(Nc1ccnc(C(F)(F)F)c1)c1snc(-c2ccccc2)c1C1CC1. The molecule has 138 valence electrons. The molecule has 3 aromatic rings. The molecule has 1 saturated carbocycles. The lowest BCUT2D eigenvalue weighted by Crippen LogP contribution is -2.14. The number of nitrogens with zero attached hydrogens (tertiary/aromatic N) is 2. The van der Waals surface area contributed by atoms with E-state index in [1.165, 1.54) is 6.07 Å². The molecule has 27 heavy (non-hydrogen) atoms. The Morgan fingerprint density at radius 2 is 1.89 bits per heavy atom. The smallest absolute Gasteiger partial charge is 0.321 e. The van der Waals surface area contributed by atoms with Crippen LogP contribution in [0.2, 0.25) is 0 Å². The predicted octanol–water partition coefficient (Wildman–Crippen LogP) is 5.35. The lowest BCUT2D eigenvalue weighted by molar-refractivity contribution is -0.141. The van der Waals surface area contributed by atoms with Crippen LogP contribution in [0.3, 0.4) is 0 Å². The second kappa shape index (κ2) is 6.77. The molecule has 0 bridgehead atoms. The highest BCUT2D eigenvalue weighted by molar-refractivity contribution is 7.08. The maximum atomic E-state index is 12.8. The Balaban J connectivity index is 1.64. The Labute approximate surface area is 157 Å². The number of carbonyl (C=O) groups excluding carboxylic acids is 1. The van der Waals surface area contributed by atoms with E-state index in [1.54, 1.807) is 0 Å². The summed E-state index contributed by atoms with van der Waals surface area (Å²) < 4.78 is 42.9. The third-order valence-electron chi connectivity index (χ3n) is 4.28. The molecule has 4 rings (SSSR count). The minimum absolute atomic E-state index is 0.0544. The molecular formula is C19H14F3N3OS. The second-order valence-corrected chi connectivity index (χ2v) is 7.07. The Morgan fingerprint density at radius 3 is 2.56 bits per heavy atom. The van der Waals surface area contributed by atoms with Crippen LogP contribution in [0.25, 0.3) is 11.3 Å². The summed E-state index contributed by atoms with van der Waals surface area (Å²) in [6.07, 6.45) is -1.58. The average Bonchev–Trinajstić information content (AvgIpc) is 3.39. The first-order chi connectivity index (χ1) is 12.9. The molecule has 1 aromatic carbocycles. The van der Waals surface area contributed by atoms with Gasteiger partial charge in [-0.2, -0.15) is 17.5 Å². The van der Waals surface area contributed by atoms with E-state index in [1.807, 2.05) is 30.3 Å². The summed E-state index contributed by atoms with van der Waals surface area (Å²) in [4.78, 5) is 16.5. The topological polar surface area (TPSA) is 54.9 Å². The van der Waals surface area contributed by atoms with Gasteiger partial charge in [0.05, 0.1) is 5.69 Å². The van der Waals surface area contributed by atoms with E-state index in [0.717, 1.165) is 53.5 Å². The molecule has 1 amide bonds. The van der Waals surface area contributed by atoms with Crippen molar-refractivity contribution >= 4 is 23.1 Å². The molecule has 0 spiro atoms. The van der Waals surface area contributed by atoms with Gasteiger partial charge >= 0.3 is 6.18 Å². The highest BCUT2D eigenvalue weighted by Gasteiger charge is 2.35. The van der Waals surface area contributed by atoms with E-state index in [4.69, 9.17) is 0 Å². The first kappa shape index (κ1) is 17.7. The van der Waals surface area contributed by atoms with Crippen molar-refractivity contribution in [2.75, 3.05) is 5.32 Å². The van der Waals surface area contributed by atoms with Gasteiger partial charge in [0.15, 0.2) is 0 Å². The van der Waals surface area contributed by atoms with Crippen molar-refractivity contribution in [3.63, 3.8) is 0 Å². The summed E-state index contributed by atoms with van der Waals surface area (Å²) in [6.45, 7) is 0. The summed E-state index contributed by atoms with van der Waals surface area (Å²) in [5.74, 6) is -0.182. The number of benzene rings is 1. The molecule has 0 unspecified atom stereocenters. The fourth-order valence-electron chi connectivity index (χ4n) is 2.87. The van der Waals surface area contributed by atoms with Gasteiger partial charge in [-0.05, 0) is 42.4 Å². The predicted molar refractivity (Wildman–Crippen MR) is 96.7 cm³/mol. The van der Waals surface area contributed by atoms with Gasteiger partial charge in [0.25, 0.3) is 5.91 Å². The molecular weight excluding hydrogens is 375 g/mol. The quantitative estimate of drug-likeness (QED) is 0.654. The summed E-state index contributed by atoms with van der Waals surface area (Å²) in [5.41, 5.74) is 1.60. The maximum absolute atomic E-state index is 12.8. The molecule has 1 aliphatic carbocycles. The number of nitrogens with one attached hydrogen (secondary N) is 1. The van der Waals surface area contributed by atoms with Crippen molar-refractivity contribution in [2.45, 2.75) is 24.9 Å². The Morgan fingerprint density at radius 1 is 1.15 bits per heavy atom. The Bertz CT molecular complexity index is 981. The fraction of sp³-hybridized carbons (Fsp3) is 0.211. The van der Waals surface area contributed by atoms with Gasteiger partial charge < -0.3 is 5.32 Å². The number of aromatic nitrogens is 2. The average molecular weight is 389 g/mol. The van der Waals surface area contributed by atoms with Gasteiger partial charge in [0.1, 0.15) is 10.6 Å². The summed E-state index contributed by atoms with van der Waals surface area (Å²) in [5, 5.41) is 2.55. The zero-order chi connectivity index (χ0) is 19.0. The standard InChI is InChI=1S/C19H14F3N3OS/c20-19(21,22)14-10-13(8-9-23-14)24-18(26)17-15(11-6-7-11)16(25-27-17)12-4-2-1-3-5-12/h1-5,8-11H,6-7H2,(H,23,24,26). The number of amides is 1. The molecule has 4 nitrogen and oxygen atoms in total. The molecule has 1 N–H and O–H groups in total. The normalized spacial score (nSPS) is 14.2. The van der Waals surface area contributed by atoms with Crippen molar-refractivity contribution in [1.29, 1.82) is 0 Å². The van der Waals surface area contributed by atoms with Crippen LogP contribution in [-0.4, -0.2) is 15.3 Å². The molecule has 2 heterocycles. The van der Waals surface area contributed by atoms with Crippen molar-refractivity contribution in [1.82, 2.24) is 9.36 Å². The van der Waals surface area contributed by atoms with Crippen LogP contribution >= 0.6 is 11.5 Å². The molecule has 1 fully saturated rings. The van der Waals surface area contributed by atoms with Crippen LogP contribution < -0.4 is 5.32 Å². The Kier molecular flexibility index (Phi) is 4.43. The number of alkyl halides is 3. The van der Waals surface area contributed by atoms with Gasteiger partial charge in [0, 0.05) is 23.0 Å². The molecule has 0 saturated heterocycles. The van der Waals surface area contributed by atoms with E-state index in [2.05, 4.69) is 14.7 Å². The number of hydrogen-bond donors (Lipinski definition) is 1. The Hall–Kier alpha value is -2.74. The van der Waals surface area contributed by atoms with Crippen molar-refractivity contribution in [3.8, 4) is 11.3 Å². The molecule has 8 heteroatoms. The summed E-state index contributed by atoms with van der Waals surface area (Å²) in [7, 11) is 0. The first-order valence-electron chi connectivity index (χ1n) is 8.33. The minimum Gasteiger partial charge on any atom is -0.321 e. The lowest BCUT2D eigenvalue weighted by atomic mass is 10.0. The summed E-state index contributed by atoms with van der Waals surface area (Å²) >= 11 is 1.08. The number of pyridine rings is 1. The molecule has 0 radical (unpaired) electrons. The molecule has 2 aromatic heterocycles. The number of hydrogen-bond acceptors (Lipinski definition) is 4. The number of rotatable bonds is 4. The third kappa shape index (κ3) is 3.71. The van der Waals surface area contributed by atoms with Gasteiger partial charge in [0.2, 0.25) is 0 Å². The first-order valence-corrected chi connectivity index (χ1v) is 9.10. The monoisotopic (exact) mass is 389 g/mol. The van der Waals surface area contributed by atoms with Crippen molar-refractivity contribution in [3.05, 3.63) is 64.8 Å². The van der Waals surface area contributed by atoms with E-state index in [-0.39, 0.29) is 11.6 Å². The molecule has 0 aliphatic heterocycles. The molecule has 1 aliphatic rings. The second-order valence-electron chi connectivity index (χ2n) is 6.30. The van der Waals surface area contributed by atoms with Crippen LogP contribution in [0.5, 0.6) is 0 Å². The van der Waals surface area contributed by atoms with E-state index in [0.29, 0.717) is 4.88 Å². The van der Waals surface area contributed by atoms with E-state index in [9.17, 15) is 18.0 Å². The summed E-state index contributed by atoms with van der Waals surface area (Å²) in [6, 6.07) is 11.7. The zero-order valence-corrected chi connectivity index (χ0v) is 14.8. The van der Waals surface area contributed by atoms with Crippen LogP contribution in [0.4, 0.5) is 18.9 Å². The molecule has 0 atom stereocenters. The van der Waals surface area contributed by atoms with Crippen LogP contribution in [0, 0.1) is 0 Å². The number of anilines is 1. The van der Waals surface area contributed by atoms with Crippen LogP contribution in [0.1, 0.15) is 39.7 Å². The van der Waals surface area contributed by atoms with Crippen LogP contribution in [0.15, 0.2) is 48.7 Å². The minimum atomic E-state index is -4.56. The number of carbonyl (C=O) groups is 1. The van der Waals surface area contributed by atoms with Crippen LogP contribution in [-0.2, 0) is 6.18 Å². The third-order valence-corrected chi connectivity index (χ3v) is 5.14. The van der Waals surface area contributed by atoms with Gasteiger partial charge in [-0.25, -0.2) is 0 Å². The number of halogens is 3. The lowest BCUT2D eigenvalue weighted by Gasteiger charge is -2.09. The highest BCUT2D eigenvalue weighted by atomic mass is 32.1. The largest absolute Gasteiger partial charge is 0.433 e.